The minimum absolute atomic E-state index is 0.238. The van der Waals surface area contributed by atoms with Gasteiger partial charge in [0.1, 0.15) is 6.17 Å². The van der Waals surface area contributed by atoms with E-state index in [0.717, 1.165) is 19.5 Å². The van der Waals surface area contributed by atoms with Crippen molar-refractivity contribution >= 4 is 6.21 Å². The zero-order valence-electron chi connectivity index (χ0n) is 16.7. The average Bonchev–Trinajstić information content (AvgIpc) is 3.06. The average molecular weight is 351 g/mol. The molecule has 146 valence electrons. The maximum absolute atomic E-state index is 9.04. The maximum atomic E-state index is 9.04. The summed E-state index contributed by atoms with van der Waals surface area (Å²) >= 11 is 0. The van der Waals surface area contributed by atoms with Crippen LogP contribution < -0.4 is 0 Å². The molecule has 1 aliphatic heterocycles. The number of hydrogen-bond donors (Lipinski definition) is 1. The van der Waals surface area contributed by atoms with Gasteiger partial charge in [0.25, 0.3) is 0 Å². The number of β-amino-alcohol motifs (C(OH)–C–C–N with tert-alkyl or cyclic N) is 1. The minimum atomic E-state index is 0.238. The van der Waals surface area contributed by atoms with Crippen molar-refractivity contribution in [3.05, 3.63) is 12.2 Å². The molecule has 25 heavy (non-hydrogen) atoms. The Morgan fingerprint density at radius 2 is 1.52 bits per heavy atom. The first-order chi connectivity index (χ1) is 12.4. The van der Waals surface area contributed by atoms with Gasteiger partial charge < -0.3 is 5.11 Å². The number of aliphatic imine (C=N–C) groups is 1. The molecule has 1 atom stereocenters. The molecule has 0 aromatic rings. The molecule has 0 aliphatic carbocycles. The predicted molar refractivity (Wildman–Crippen MR) is 110 cm³/mol. The van der Waals surface area contributed by atoms with Crippen molar-refractivity contribution in [1.82, 2.24) is 4.90 Å². The van der Waals surface area contributed by atoms with E-state index in [1.807, 2.05) is 6.21 Å². The lowest BCUT2D eigenvalue weighted by Crippen LogP contribution is -2.32. The van der Waals surface area contributed by atoms with Gasteiger partial charge in [-0.1, -0.05) is 70.4 Å². The lowest BCUT2D eigenvalue weighted by molar-refractivity contribution is 0.176. The van der Waals surface area contributed by atoms with Crippen LogP contribution in [0.1, 0.15) is 96.8 Å². The molecule has 1 aliphatic rings. The topological polar surface area (TPSA) is 35.8 Å². The van der Waals surface area contributed by atoms with Gasteiger partial charge in [0.15, 0.2) is 0 Å². The Labute approximate surface area is 156 Å². The molecule has 0 amide bonds. The highest BCUT2D eigenvalue weighted by molar-refractivity contribution is 5.62. The molecule has 3 heteroatoms. The number of nitrogens with zero attached hydrogens (tertiary/aromatic N) is 2. The Morgan fingerprint density at radius 3 is 2.16 bits per heavy atom. The SMILES string of the molecule is CCCCCCCCCCC/C=C/CCCCC1N=CCN1CCO. The Bertz CT molecular complexity index is 341. The molecule has 1 heterocycles. The van der Waals surface area contributed by atoms with Crippen molar-refractivity contribution in [3.63, 3.8) is 0 Å². The Morgan fingerprint density at radius 1 is 0.920 bits per heavy atom. The summed E-state index contributed by atoms with van der Waals surface area (Å²) < 4.78 is 0. The normalized spacial score (nSPS) is 17.9. The summed E-state index contributed by atoms with van der Waals surface area (Å²) in [6, 6.07) is 0. The third kappa shape index (κ3) is 12.3. The van der Waals surface area contributed by atoms with Crippen LogP contribution in [0.25, 0.3) is 0 Å². The molecule has 0 aromatic carbocycles. The Balaban J connectivity index is 1.82. The van der Waals surface area contributed by atoms with Crippen LogP contribution >= 0.6 is 0 Å². The molecule has 0 fully saturated rings. The van der Waals surface area contributed by atoms with Crippen molar-refractivity contribution in [1.29, 1.82) is 0 Å². The Hall–Kier alpha value is -0.670. The number of rotatable bonds is 17. The quantitative estimate of drug-likeness (QED) is 0.269. The second-order valence-electron chi connectivity index (χ2n) is 7.40. The van der Waals surface area contributed by atoms with E-state index in [1.165, 1.54) is 83.5 Å². The monoisotopic (exact) mass is 350 g/mol. The van der Waals surface area contributed by atoms with E-state index in [9.17, 15) is 0 Å². The lowest BCUT2D eigenvalue weighted by atomic mass is 10.1. The van der Waals surface area contributed by atoms with Gasteiger partial charge in [-0.3, -0.25) is 9.89 Å². The van der Waals surface area contributed by atoms with E-state index in [2.05, 4.69) is 29.0 Å². The molecule has 1 rings (SSSR count). The van der Waals surface area contributed by atoms with Crippen molar-refractivity contribution in [2.75, 3.05) is 19.7 Å². The van der Waals surface area contributed by atoms with Crippen LogP contribution in [0.2, 0.25) is 0 Å². The standard InChI is InChI=1S/C22H42N2O/c1-2-3-4-5-6-7-8-9-10-11-12-13-14-15-16-17-22-23-18-19-24(22)20-21-25/h12-13,18,22,25H,2-11,14-17,19-21H2,1H3/b13-12+. The largest absolute Gasteiger partial charge is 0.395 e. The third-order valence-corrected chi connectivity index (χ3v) is 5.13. The summed E-state index contributed by atoms with van der Waals surface area (Å²) in [4.78, 5) is 6.77. The van der Waals surface area contributed by atoms with Crippen LogP contribution in [0.4, 0.5) is 0 Å². The number of allylic oxidation sites excluding steroid dienone is 2. The summed E-state index contributed by atoms with van der Waals surface area (Å²) in [5.74, 6) is 0. The first-order valence-electron chi connectivity index (χ1n) is 10.9. The number of aliphatic hydroxyl groups is 1. The molecule has 0 spiro atoms. The highest BCUT2D eigenvalue weighted by Gasteiger charge is 2.19. The smallest absolute Gasteiger partial charge is 0.102 e. The summed E-state index contributed by atoms with van der Waals surface area (Å²) in [7, 11) is 0. The van der Waals surface area contributed by atoms with Crippen LogP contribution in [0.5, 0.6) is 0 Å². The van der Waals surface area contributed by atoms with E-state index in [0.29, 0.717) is 6.17 Å². The van der Waals surface area contributed by atoms with Crippen LogP contribution in [-0.2, 0) is 0 Å². The van der Waals surface area contributed by atoms with Gasteiger partial charge in [0.2, 0.25) is 0 Å². The zero-order chi connectivity index (χ0) is 18.0. The molecule has 0 saturated carbocycles. The molecular weight excluding hydrogens is 308 g/mol. The predicted octanol–water partition coefficient (Wildman–Crippen LogP) is 5.73. The molecule has 0 saturated heterocycles. The van der Waals surface area contributed by atoms with Gasteiger partial charge in [-0.05, 0) is 38.5 Å². The maximum Gasteiger partial charge on any atom is 0.102 e. The van der Waals surface area contributed by atoms with E-state index in [1.54, 1.807) is 0 Å². The van der Waals surface area contributed by atoms with Crippen molar-refractivity contribution in [2.45, 2.75) is 103 Å². The fourth-order valence-corrected chi connectivity index (χ4v) is 3.51. The highest BCUT2D eigenvalue weighted by atomic mass is 16.3. The molecule has 0 aromatic heterocycles. The number of hydrogen-bond acceptors (Lipinski definition) is 3. The van der Waals surface area contributed by atoms with Gasteiger partial charge in [0, 0.05) is 19.3 Å². The van der Waals surface area contributed by atoms with Crippen LogP contribution in [0, 0.1) is 0 Å². The summed E-state index contributed by atoms with van der Waals surface area (Å²) in [6.45, 7) is 4.18. The van der Waals surface area contributed by atoms with Crippen LogP contribution in [0.15, 0.2) is 17.1 Å². The molecule has 0 bridgehead atoms. The first-order valence-corrected chi connectivity index (χ1v) is 10.9. The lowest BCUT2D eigenvalue weighted by Gasteiger charge is -2.21. The fraction of sp³-hybridized carbons (Fsp3) is 0.864. The van der Waals surface area contributed by atoms with Gasteiger partial charge in [0.05, 0.1) is 6.61 Å². The van der Waals surface area contributed by atoms with Gasteiger partial charge >= 0.3 is 0 Å². The highest BCUT2D eigenvalue weighted by Crippen LogP contribution is 2.15. The molecule has 3 nitrogen and oxygen atoms in total. The zero-order valence-corrected chi connectivity index (χ0v) is 16.7. The van der Waals surface area contributed by atoms with Crippen LogP contribution in [-0.4, -0.2) is 42.1 Å². The van der Waals surface area contributed by atoms with Gasteiger partial charge in [-0.2, -0.15) is 0 Å². The summed E-state index contributed by atoms with van der Waals surface area (Å²) in [5, 5.41) is 9.04. The minimum Gasteiger partial charge on any atom is -0.395 e. The summed E-state index contributed by atoms with van der Waals surface area (Å²) in [6.07, 6.45) is 25.8. The third-order valence-electron chi connectivity index (χ3n) is 5.13. The second-order valence-corrected chi connectivity index (χ2v) is 7.40. The van der Waals surface area contributed by atoms with E-state index < -0.39 is 0 Å². The Kier molecular flexibility index (Phi) is 15.0. The van der Waals surface area contributed by atoms with E-state index in [4.69, 9.17) is 5.11 Å². The number of unbranched alkanes of at least 4 members (excludes halogenated alkanes) is 11. The van der Waals surface area contributed by atoms with Crippen molar-refractivity contribution in [2.24, 2.45) is 4.99 Å². The molecule has 0 radical (unpaired) electrons. The second kappa shape index (κ2) is 16.8. The fourth-order valence-electron chi connectivity index (χ4n) is 3.51. The molecule has 1 unspecified atom stereocenters. The van der Waals surface area contributed by atoms with Crippen LogP contribution in [0.3, 0.4) is 0 Å². The van der Waals surface area contributed by atoms with E-state index in [-0.39, 0.29) is 6.61 Å². The van der Waals surface area contributed by atoms with E-state index >= 15 is 0 Å². The van der Waals surface area contributed by atoms with Crippen molar-refractivity contribution < 1.29 is 5.11 Å². The first kappa shape index (κ1) is 22.4. The number of aliphatic hydroxyl groups excluding tert-OH is 1. The van der Waals surface area contributed by atoms with Gasteiger partial charge in [-0.15, -0.1) is 0 Å². The van der Waals surface area contributed by atoms with Gasteiger partial charge in [-0.25, -0.2) is 0 Å². The molecule has 1 N–H and O–H groups in total. The summed E-state index contributed by atoms with van der Waals surface area (Å²) in [5.41, 5.74) is 0. The van der Waals surface area contributed by atoms with Crippen molar-refractivity contribution in [3.8, 4) is 0 Å². The molecular formula is C22H42N2O.